The minimum Gasteiger partial charge on any atom is -0.464 e. The lowest BCUT2D eigenvalue weighted by molar-refractivity contribution is -0.138. The summed E-state index contributed by atoms with van der Waals surface area (Å²) in [5.41, 5.74) is 2.13. The molecule has 1 fully saturated rings. The third-order valence-corrected chi connectivity index (χ3v) is 5.86. The molecule has 4 amide bonds. The maximum atomic E-state index is 13.1. The van der Waals surface area contributed by atoms with Crippen molar-refractivity contribution in [1.29, 1.82) is 0 Å². The van der Waals surface area contributed by atoms with Gasteiger partial charge in [0.15, 0.2) is 0 Å². The molecule has 2 aromatic rings. The lowest BCUT2D eigenvalue weighted by Crippen LogP contribution is -2.43. The molecule has 1 aliphatic carbocycles. The Morgan fingerprint density at radius 3 is 2.69 bits per heavy atom. The highest BCUT2D eigenvalue weighted by Crippen LogP contribution is 2.32. The summed E-state index contributed by atoms with van der Waals surface area (Å²) in [5, 5.41) is 2.78. The van der Waals surface area contributed by atoms with Gasteiger partial charge in [0.25, 0.3) is 5.91 Å². The average molecular weight is 395 g/mol. The van der Waals surface area contributed by atoms with Crippen molar-refractivity contribution >= 4 is 17.8 Å². The Kier molecular flexibility index (Phi) is 4.68. The van der Waals surface area contributed by atoms with Crippen molar-refractivity contribution in [3.63, 3.8) is 0 Å². The van der Waals surface area contributed by atoms with Crippen molar-refractivity contribution in [2.45, 2.75) is 45.2 Å². The molecule has 1 unspecified atom stereocenters. The molecule has 0 bridgehead atoms. The van der Waals surface area contributed by atoms with E-state index in [-0.39, 0.29) is 19.0 Å². The lowest BCUT2D eigenvalue weighted by atomic mass is 9.89. The van der Waals surface area contributed by atoms with E-state index in [0.717, 1.165) is 35.5 Å². The number of carbonyl (C=O) groups is 3. The van der Waals surface area contributed by atoms with Crippen LogP contribution in [-0.2, 0) is 34.5 Å². The largest absolute Gasteiger partial charge is 0.464 e. The summed E-state index contributed by atoms with van der Waals surface area (Å²) in [7, 11) is 1.62. The Hall–Kier alpha value is -3.09. The third-order valence-electron chi connectivity index (χ3n) is 5.86. The van der Waals surface area contributed by atoms with Gasteiger partial charge in [0.2, 0.25) is 5.91 Å². The van der Waals surface area contributed by atoms with Gasteiger partial charge in [0.05, 0.1) is 6.54 Å². The summed E-state index contributed by atoms with van der Waals surface area (Å²) >= 11 is 0. The van der Waals surface area contributed by atoms with Crippen molar-refractivity contribution in [2.75, 3.05) is 13.6 Å². The molecule has 29 heavy (non-hydrogen) atoms. The molecule has 0 saturated carbocycles. The SMILES string of the molecule is Cc1ccc(CN(C)C(=O)CN2C(=O)NC(C)(c3ccc4c(c3)CCC4)C2=O)o1. The highest BCUT2D eigenvalue weighted by Gasteiger charge is 2.49. The van der Waals surface area contributed by atoms with Crippen molar-refractivity contribution in [3.05, 3.63) is 58.5 Å². The van der Waals surface area contributed by atoms with E-state index in [4.69, 9.17) is 4.42 Å². The van der Waals surface area contributed by atoms with E-state index in [9.17, 15) is 14.4 Å². The summed E-state index contributed by atoms with van der Waals surface area (Å²) < 4.78 is 5.49. The first-order valence-electron chi connectivity index (χ1n) is 9.83. The topological polar surface area (TPSA) is 82.9 Å². The number of hydrogen-bond acceptors (Lipinski definition) is 4. The molecule has 1 saturated heterocycles. The monoisotopic (exact) mass is 395 g/mol. The molecule has 1 aromatic carbocycles. The minimum absolute atomic E-state index is 0.276. The van der Waals surface area contributed by atoms with Crippen LogP contribution in [0, 0.1) is 6.92 Å². The van der Waals surface area contributed by atoms with Crippen molar-refractivity contribution in [3.8, 4) is 0 Å². The van der Waals surface area contributed by atoms with Crippen molar-refractivity contribution < 1.29 is 18.8 Å². The zero-order valence-corrected chi connectivity index (χ0v) is 16.9. The molecular weight excluding hydrogens is 370 g/mol. The standard InChI is InChI=1S/C22H25N3O4/c1-14-7-10-18(29-14)12-24(3)19(26)13-25-20(27)22(2,23-21(25)28)17-9-8-15-5-4-6-16(15)11-17/h7-11H,4-6,12-13H2,1-3H3,(H,23,28). The molecule has 1 aromatic heterocycles. The number of nitrogens with zero attached hydrogens (tertiary/aromatic N) is 2. The highest BCUT2D eigenvalue weighted by atomic mass is 16.3. The van der Waals surface area contributed by atoms with Gasteiger partial charge < -0.3 is 14.6 Å². The second-order valence-electron chi connectivity index (χ2n) is 8.05. The molecule has 4 rings (SSSR count). The number of urea groups is 1. The number of likely N-dealkylation sites (N-methyl/N-ethyl adjacent to an activating group) is 1. The Labute approximate surface area is 169 Å². The fourth-order valence-corrected chi connectivity index (χ4v) is 4.07. The molecule has 2 heterocycles. The van der Waals surface area contributed by atoms with Gasteiger partial charge in [0.1, 0.15) is 23.6 Å². The van der Waals surface area contributed by atoms with E-state index in [2.05, 4.69) is 5.32 Å². The summed E-state index contributed by atoms with van der Waals surface area (Å²) in [6.45, 7) is 3.50. The van der Waals surface area contributed by atoms with Gasteiger partial charge >= 0.3 is 6.03 Å². The lowest BCUT2D eigenvalue weighted by Gasteiger charge is -2.23. The quantitative estimate of drug-likeness (QED) is 0.789. The number of furan rings is 1. The number of fused-ring (bicyclic) bond motifs is 1. The minimum atomic E-state index is -1.16. The number of nitrogens with one attached hydrogen (secondary N) is 1. The van der Waals surface area contributed by atoms with Gasteiger partial charge in [-0.1, -0.05) is 18.2 Å². The summed E-state index contributed by atoms with van der Waals surface area (Å²) in [6.07, 6.45) is 3.15. The summed E-state index contributed by atoms with van der Waals surface area (Å²) in [5.74, 6) is 0.676. The van der Waals surface area contributed by atoms with Gasteiger partial charge in [-0.2, -0.15) is 0 Å². The molecule has 0 radical (unpaired) electrons. The first kappa shape index (κ1) is 19.2. The third kappa shape index (κ3) is 3.41. The average Bonchev–Trinajstić information content (AvgIpc) is 3.37. The van der Waals surface area contributed by atoms with Crippen LogP contribution in [0.25, 0.3) is 0 Å². The van der Waals surface area contributed by atoms with Crippen LogP contribution in [0.3, 0.4) is 0 Å². The first-order valence-corrected chi connectivity index (χ1v) is 9.83. The van der Waals surface area contributed by atoms with Gasteiger partial charge in [0, 0.05) is 7.05 Å². The van der Waals surface area contributed by atoms with Crippen LogP contribution in [0.5, 0.6) is 0 Å². The fourth-order valence-electron chi connectivity index (χ4n) is 4.07. The Morgan fingerprint density at radius 1 is 1.21 bits per heavy atom. The smallest absolute Gasteiger partial charge is 0.325 e. The van der Waals surface area contributed by atoms with Crippen LogP contribution in [-0.4, -0.2) is 41.2 Å². The van der Waals surface area contributed by atoms with Crippen LogP contribution < -0.4 is 5.32 Å². The Balaban J connectivity index is 1.48. The molecule has 1 atom stereocenters. The second kappa shape index (κ2) is 7.06. The Bertz CT molecular complexity index is 996. The van der Waals surface area contributed by atoms with Gasteiger partial charge in [-0.25, -0.2) is 4.79 Å². The van der Waals surface area contributed by atoms with Gasteiger partial charge in [-0.05, 0) is 61.9 Å². The molecule has 7 nitrogen and oxygen atoms in total. The predicted molar refractivity (Wildman–Crippen MR) is 106 cm³/mol. The molecule has 1 aliphatic heterocycles. The number of aryl methyl sites for hydroxylation is 3. The van der Waals surface area contributed by atoms with Crippen molar-refractivity contribution in [1.82, 2.24) is 15.1 Å². The number of amides is 4. The van der Waals surface area contributed by atoms with E-state index in [1.54, 1.807) is 20.0 Å². The predicted octanol–water partition coefficient (Wildman–Crippen LogP) is 2.50. The summed E-state index contributed by atoms with van der Waals surface area (Å²) in [4.78, 5) is 40.7. The zero-order chi connectivity index (χ0) is 20.8. The maximum absolute atomic E-state index is 13.1. The number of benzene rings is 1. The molecule has 7 heteroatoms. The maximum Gasteiger partial charge on any atom is 0.325 e. The van der Waals surface area contributed by atoms with Gasteiger partial charge in [-0.3, -0.25) is 14.5 Å². The second-order valence-corrected chi connectivity index (χ2v) is 8.05. The fraction of sp³-hybridized carbons (Fsp3) is 0.409. The van der Waals surface area contributed by atoms with Crippen LogP contribution in [0.4, 0.5) is 4.79 Å². The van der Waals surface area contributed by atoms with E-state index in [1.807, 2.05) is 31.2 Å². The highest BCUT2D eigenvalue weighted by molar-refractivity contribution is 6.09. The molecule has 152 valence electrons. The normalized spacial score (nSPS) is 20.7. The number of hydrogen-bond donors (Lipinski definition) is 1. The summed E-state index contributed by atoms with van der Waals surface area (Å²) in [6, 6.07) is 9.03. The van der Waals surface area contributed by atoms with Crippen LogP contribution in [0.15, 0.2) is 34.7 Å². The number of rotatable bonds is 5. The van der Waals surface area contributed by atoms with E-state index in [1.165, 1.54) is 16.0 Å². The van der Waals surface area contributed by atoms with E-state index < -0.39 is 17.5 Å². The Morgan fingerprint density at radius 2 is 1.97 bits per heavy atom. The number of imide groups is 1. The van der Waals surface area contributed by atoms with Crippen LogP contribution in [0.1, 0.15) is 41.6 Å². The van der Waals surface area contributed by atoms with Gasteiger partial charge in [-0.15, -0.1) is 0 Å². The van der Waals surface area contributed by atoms with Crippen molar-refractivity contribution in [2.24, 2.45) is 0 Å². The molecule has 1 N–H and O–H groups in total. The van der Waals surface area contributed by atoms with E-state index in [0.29, 0.717) is 5.76 Å². The van der Waals surface area contributed by atoms with Crippen LogP contribution in [0.2, 0.25) is 0 Å². The molecule has 0 spiro atoms. The molecular formula is C22H25N3O4. The van der Waals surface area contributed by atoms with Crippen LogP contribution >= 0.6 is 0 Å². The zero-order valence-electron chi connectivity index (χ0n) is 16.9. The van der Waals surface area contributed by atoms with E-state index >= 15 is 0 Å². The number of carbonyl (C=O) groups excluding carboxylic acids is 3. The first-order chi connectivity index (χ1) is 13.8. The molecule has 2 aliphatic rings.